The minimum atomic E-state index is -0.235. The van der Waals surface area contributed by atoms with Crippen LogP contribution in [-0.4, -0.2) is 34.8 Å². The highest BCUT2D eigenvalue weighted by atomic mass is 32.1. The Morgan fingerprint density at radius 3 is 2.80 bits per heavy atom. The van der Waals surface area contributed by atoms with Crippen LogP contribution in [0.4, 0.5) is 5.13 Å². The van der Waals surface area contributed by atoms with Crippen LogP contribution >= 0.6 is 11.3 Å². The summed E-state index contributed by atoms with van der Waals surface area (Å²) in [5, 5.41) is 3.31. The number of carbonyl (C=O) groups is 2. The molecule has 1 fully saturated rings. The third-order valence-corrected chi connectivity index (χ3v) is 5.03. The molecule has 1 saturated carbocycles. The molecule has 6 heteroatoms. The molecule has 130 valence electrons. The maximum Gasteiger partial charge on any atom is 0.245 e. The highest BCUT2D eigenvalue weighted by molar-refractivity contribution is 7.15. The third kappa shape index (κ3) is 4.33. The predicted octanol–water partition coefficient (Wildman–Crippen LogP) is 3.21. The number of nitrogens with one attached hydrogen (secondary N) is 1. The molecule has 3 rings (SSSR count). The first-order valence-electron chi connectivity index (χ1n) is 8.25. The molecule has 0 spiro atoms. The second-order valence-electron chi connectivity index (χ2n) is 6.19. The van der Waals surface area contributed by atoms with E-state index < -0.39 is 0 Å². The van der Waals surface area contributed by atoms with Gasteiger partial charge in [-0.05, 0) is 24.8 Å². The van der Waals surface area contributed by atoms with Gasteiger partial charge in [0.1, 0.15) is 6.54 Å². The van der Waals surface area contributed by atoms with E-state index in [1.54, 1.807) is 17.2 Å². The normalized spacial score (nSPS) is 18.4. The number of aryl methyl sites for hydroxylation is 1. The third-order valence-electron chi connectivity index (χ3n) is 4.20. The van der Waals surface area contributed by atoms with Gasteiger partial charge in [0.05, 0.1) is 0 Å². The lowest BCUT2D eigenvalue weighted by Gasteiger charge is -2.20. The first-order valence-corrected chi connectivity index (χ1v) is 9.07. The molecule has 1 aromatic carbocycles. The van der Waals surface area contributed by atoms with E-state index in [0.717, 1.165) is 11.3 Å². The topological polar surface area (TPSA) is 62.3 Å². The van der Waals surface area contributed by atoms with Gasteiger partial charge in [0.2, 0.25) is 11.8 Å². The first-order chi connectivity index (χ1) is 12.1. The summed E-state index contributed by atoms with van der Waals surface area (Å²) < 4.78 is 0. The van der Waals surface area contributed by atoms with Crippen molar-refractivity contribution in [2.75, 3.05) is 18.4 Å². The molecule has 1 heterocycles. The summed E-state index contributed by atoms with van der Waals surface area (Å²) in [5.41, 5.74) is 1.18. The average Bonchev–Trinajstić information content (AvgIpc) is 3.31. The molecule has 0 bridgehead atoms. The number of anilines is 1. The monoisotopic (exact) mass is 355 g/mol. The molecule has 1 aliphatic carbocycles. The van der Waals surface area contributed by atoms with Crippen molar-refractivity contribution >= 4 is 28.3 Å². The summed E-state index contributed by atoms with van der Waals surface area (Å²) in [5.74, 6) is -0.0105. The smallest absolute Gasteiger partial charge is 0.245 e. The minimum absolute atomic E-state index is 0.0132. The Balaban J connectivity index is 1.60. The summed E-state index contributed by atoms with van der Waals surface area (Å²) in [6.45, 7) is 6.00. The van der Waals surface area contributed by atoms with Gasteiger partial charge in [-0.2, -0.15) is 0 Å². The van der Waals surface area contributed by atoms with Gasteiger partial charge in [-0.15, -0.1) is 17.9 Å². The van der Waals surface area contributed by atoms with E-state index in [-0.39, 0.29) is 30.2 Å². The van der Waals surface area contributed by atoms with Crippen molar-refractivity contribution in [2.45, 2.75) is 19.3 Å². The van der Waals surface area contributed by atoms with Crippen molar-refractivity contribution < 1.29 is 9.59 Å². The molecule has 0 radical (unpaired) electrons. The number of hydrogen-bond acceptors (Lipinski definition) is 4. The van der Waals surface area contributed by atoms with Crippen LogP contribution in [0, 0.1) is 12.8 Å². The Kier molecular flexibility index (Phi) is 5.28. The molecule has 0 saturated heterocycles. The summed E-state index contributed by atoms with van der Waals surface area (Å²) in [7, 11) is 0. The zero-order valence-electron chi connectivity index (χ0n) is 14.1. The molecule has 1 aromatic heterocycles. The summed E-state index contributed by atoms with van der Waals surface area (Å²) in [6.07, 6.45) is 4.20. The molecule has 1 aliphatic rings. The lowest BCUT2D eigenvalue weighted by molar-refractivity contribution is -0.135. The molecule has 25 heavy (non-hydrogen) atoms. The second-order valence-corrected chi connectivity index (χ2v) is 7.43. The lowest BCUT2D eigenvalue weighted by atomic mass is 10.1. The Hall–Kier alpha value is -2.47. The van der Waals surface area contributed by atoms with Crippen molar-refractivity contribution in [3.63, 3.8) is 0 Å². The standard InChI is InChI=1S/C19H21N3O2S/c1-3-9-22(12-17(23)21-19-20-11-13(2)25-19)18(24)16-10-15(16)14-7-5-4-6-8-14/h3-8,11,15-16H,1,9-10,12H2,2H3,(H,20,21,23). The zero-order valence-corrected chi connectivity index (χ0v) is 15.0. The van der Waals surface area contributed by atoms with Crippen LogP contribution < -0.4 is 5.32 Å². The number of benzene rings is 1. The maximum absolute atomic E-state index is 12.8. The Morgan fingerprint density at radius 1 is 1.40 bits per heavy atom. The number of thiazole rings is 1. The van der Waals surface area contributed by atoms with E-state index in [0.29, 0.717) is 11.7 Å². The average molecular weight is 355 g/mol. The highest BCUT2D eigenvalue weighted by Crippen LogP contribution is 2.48. The highest BCUT2D eigenvalue weighted by Gasteiger charge is 2.45. The SMILES string of the molecule is C=CCN(CC(=O)Nc1ncc(C)s1)C(=O)C1CC1c1ccccc1. The summed E-state index contributed by atoms with van der Waals surface area (Å²) in [4.78, 5) is 31.7. The quantitative estimate of drug-likeness (QED) is 0.776. The van der Waals surface area contributed by atoms with Gasteiger partial charge in [-0.3, -0.25) is 9.59 Å². The van der Waals surface area contributed by atoms with Gasteiger partial charge in [0.15, 0.2) is 5.13 Å². The van der Waals surface area contributed by atoms with E-state index in [1.165, 1.54) is 16.9 Å². The van der Waals surface area contributed by atoms with Gasteiger partial charge < -0.3 is 10.2 Å². The van der Waals surface area contributed by atoms with Crippen LogP contribution in [0.3, 0.4) is 0 Å². The van der Waals surface area contributed by atoms with E-state index in [2.05, 4.69) is 16.9 Å². The number of aromatic nitrogens is 1. The summed E-state index contributed by atoms with van der Waals surface area (Å²) in [6, 6.07) is 10.0. The Morgan fingerprint density at radius 2 is 2.16 bits per heavy atom. The van der Waals surface area contributed by atoms with Crippen molar-refractivity contribution in [3.05, 3.63) is 59.6 Å². The van der Waals surface area contributed by atoms with E-state index in [1.807, 2.05) is 37.3 Å². The number of nitrogens with zero attached hydrogens (tertiary/aromatic N) is 2. The van der Waals surface area contributed by atoms with E-state index in [9.17, 15) is 9.59 Å². The van der Waals surface area contributed by atoms with Crippen LogP contribution in [0.15, 0.2) is 49.2 Å². The molecule has 2 amide bonds. The fourth-order valence-electron chi connectivity index (χ4n) is 2.90. The van der Waals surface area contributed by atoms with Crippen LogP contribution in [0.25, 0.3) is 0 Å². The Bertz CT molecular complexity index is 772. The van der Waals surface area contributed by atoms with Crippen LogP contribution in [0.2, 0.25) is 0 Å². The van der Waals surface area contributed by atoms with Crippen molar-refractivity contribution in [2.24, 2.45) is 5.92 Å². The first kappa shape index (κ1) is 17.4. The summed E-state index contributed by atoms with van der Waals surface area (Å²) >= 11 is 1.41. The van der Waals surface area contributed by atoms with Crippen LogP contribution in [-0.2, 0) is 9.59 Å². The van der Waals surface area contributed by atoms with Gasteiger partial charge in [0, 0.05) is 23.5 Å². The largest absolute Gasteiger partial charge is 0.329 e. The second kappa shape index (κ2) is 7.61. The lowest BCUT2D eigenvalue weighted by Crippen LogP contribution is -2.39. The van der Waals surface area contributed by atoms with E-state index >= 15 is 0 Å². The van der Waals surface area contributed by atoms with Gasteiger partial charge in [0.25, 0.3) is 0 Å². The maximum atomic E-state index is 12.8. The van der Waals surface area contributed by atoms with Crippen LogP contribution in [0.5, 0.6) is 0 Å². The number of carbonyl (C=O) groups excluding carboxylic acids is 2. The van der Waals surface area contributed by atoms with Crippen molar-refractivity contribution in [1.29, 1.82) is 0 Å². The molecule has 2 atom stereocenters. The van der Waals surface area contributed by atoms with Crippen molar-refractivity contribution in [1.82, 2.24) is 9.88 Å². The minimum Gasteiger partial charge on any atom is -0.329 e. The number of hydrogen-bond donors (Lipinski definition) is 1. The number of rotatable bonds is 7. The fourth-order valence-corrected chi connectivity index (χ4v) is 3.58. The fraction of sp³-hybridized carbons (Fsp3) is 0.316. The molecule has 2 aromatic rings. The molecule has 2 unspecified atom stereocenters. The van der Waals surface area contributed by atoms with Gasteiger partial charge in [-0.25, -0.2) is 4.98 Å². The molecule has 0 aliphatic heterocycles. The molecular weight excluding hydrogens is 334 g/mol. The molecule has 5 nitrogen and oxygen atoms in total. The van der Waals surface area contributed by atoms with Gasteiger partial charge >= 0.3 is 0 Å². The van der Waals surface area contributed by atoms with Gasteiger partial charge in [-0.1, -0.05) is 36.4 Å². The zero-order chi connectivity index (χ0) is 17.8. The predicted molar refractivity (Wildman–Crippen MR) is 99.5 cm³/mol. The van der Waals surface area contributed by atoms with E-state index in [4.69, 9.17) is 0 Å². The Labute approximate surface area is 151 Å². The van der Waals surface area contributed by atoms with Crippen LogP contribution in [0.1, 0.15) is 22.8 Å². The molecule has 1 N–H and O–H groups in total. The molecular formula is C19H21N3O2S. The number of amides is 2. The van der Waals surface area contributed by atoms with Crippen molar-refractivity contribution in [3.8, 4) is 0 Å².